The first-order valence-electron chi connectivity index (χ1n) is 8.77. The number of esters is 1. The number of ether oxygens (including phenoxy) is 1. The zero-order valence-corrected chi connectivity index (χ0v) is 16.0. The van der Waals surface area contributed by atoms with Crippen LogP contribution in [-0.2, 0) is 35.3 Å². The molecule has 0 fully saturated rings. The molecule has 30 heavy (non-hydrogen) atoms. The predicted octanol–water partition coefficient (Wildman–Crippen LogP) is 1.13. The summed E-state index contributed by atoms with van der Waals surface area (Å²) in [4.78, 5) is 52.0. The van der Waals surface area contributed by atoms with Crippen LogP contribution in [0.4, 0.5) is 0 Å². The summed E-state index contributed by atoms with van der Waals surface area (Å²) in [7, 11) is 0. The van der Waals surface area contributed by atoms with E-state index in [9.17, 15) is 24.0 Å². The standard InChI is InChI=1S/C13H16O4.C6H8O7/c14-12(15)8-4-5-9-13(16)17-10-11-6-2-1-3-7-11;7-3(8)1-6(13,5(11)12)2-4(9)10/h1-3,6-7H,4-5,8-10H2,(H,14,15);13H,1-2H2,(H,7,8)(H,9,10)(H,11,12). The Labute approximate surface area is 171 Å². The Hall–Kier alpha value is -3.47. The maximum Gasteiger partial charge on any atom is 0.336 e. The Morgan fingerprint density at radius 2 is 1.27 bits per heavy atom. The minimum Gasteiger partial charge on any atom is -0.481 e. The highest BCUT2D eigenvalue weighted by Crippen LogP contribution is 2.15. The van der Waals surface area contributed by atoms with Gasteiger partial charge < -0.3 is 30.3 Å². The molecule has 0 saturated carbocycles. The molecule has 0 heterocycles. The van der Waals surface area contributed by atoms with Crippen molar-refractivity contribution < 1.29 is 54.2 Å². The van der Waals surface area contributed by atoms with Gasteiger partial charge in [-0.05, 0) is 18.4 Å². The van der Waals surface area contributed by atoms with E-state index in [0.29, 0.717) is 12.8 Å². The molecule has 166 valence electrons. The molecule has 0 atom stereocenters. The van der Waals surface area contributed by atoms with Gasteiger partial charge in [-0.3, -0.25) is 19.2 Å². The fraction of sp³-hybridized carbons (Fsp3) is 0.421. The van der Waals surface area contributed by atoms with Gasteiger partial charge >= 0.3 is 29.8 Å². The van der Waals surface area contributed by atoms with Gasteiger partial charge in [-0.25, -0.2) is 4.79 Å². The second-order valence-electron chi connectivity index (χ2n) is 6.22. The molecular weight excluding hydrogens is 404 g/mol. The Kier molecular flexibility index (Phi) is 12.1. The summed E-state index contributed by atoms with van der Waals surface area (Å²) in [5, 5.41) is 42.2. The van der Waals surface area contributed by atoms with Crippen molar-refractivity contribution in [2.45, 2.75) is 50.7 Å². The molecule has 0 saturated heterocycles. The van der Waals surface area contributed by atoms with E-state index >= 15 is 0 Å². The largest absolute Gasteiger partial charge is 0.481 e. The molecule has 0 aliphatic heterocycles. The van der Waals surface area contributed by atoms with Gasteiger partial charge in [0.05, 0.1) is 12.8 Å². The van der Waals surface area contributed by atoms with Crippen molar-refractivity contribution in [3.8, 4) is 0 Å². The van der Waals surface area contributed by atoms with Crippen LogP contribution < -0.4 is 0 Å². The number of carbonyl (C=O) groups excluding carboxylic acids is 1. The molecule has 0 aliphatic carbocycles. The van der Waals surface area contributed by atoms with Crippen molar-refractivity contribution in [1.82, 2.24) is 0 Å². The molecule has 0 bridgehead atoms. The molecule has 0 spiro atoms. The molecule has 1 aromatic rings. The highest BCUT2D eigenvalue weighted by Gasteiger charge is 2.40. The van der Waals surface area contributed by atoms with Gasteiger partial charge in [-0.1, -0.05) is 30.3 Å². The average molecular weight is 428 g/mol. The normalized spacial score (nSPS) is 10.3. The van der Waals surface area contributed by atoms with E-state index in [4.69, 9.17) is 30.3 Å². The van der Waals surface area contributed by atoms with Crippen LogP contribution in [0.5, 0.6) is 0 Å². The topological polar surface area (TPSA) is 196 Å². The van der Waals surface area contributed by atoms with Gasteiger partial charge in [-0.15, -0.1) is 0 Å². The van der Waals surface area contributed by atoms with Gasteiger partial charge in [0.2, 0.25) is 0 Å². The van der Waals surface area contributed by atoms with E-state index in [1.807, 2.05) is 30.3 Å². The van der Waals surface area contributed by atoms with E-state index in [1.165, 1.54) is 0 Å². The van der Waals surface area contributed by atoms with Crippen molar-refractivity contribution in [1.29, 1.82) is 0 Å². The number of carboxylic acid groups (broad SMARTS) is 4. The lowest BCUT2D eigenvalue weighted by Crippen LogP contribution is -2.42. The van der Waals surface area contributed by atoms with Gasteiger partial charge in [0.25, 0.3) is 0 Å². The van der Waals surface area contributed by atoms with Crippen LogP contribution in [0.25, 0.3) is 0 Å². The van der Waals surface area contributed by atoms with Crippen LogP contribution in [0.15, 0.2) is 30.3 Å². The monoisotopic (exact) mass is 428 g/mol. The second-order valence-corrected chi connectivity index (χ2v) is 6.22. The van der Waals surface area contributed by atoms with Crippen molar-refractivity contribution >= 4 is 29.8 Å². The van der Waals surface area contributed by atoms with Crippen LogP contribution >= 0.6 is 0 Å². The maximum atomic E-state index is 11.3. The van der Waals surface area contributed by atoms with E-state index in [2.05, 4.69) is 0 Å². The lowest BCUT2D eigenvalue weighted by atomic mass is 9.96. The highest BCUT2D eigenvalue weighted by atomic mass is 16.5. The molecule has 0 unspecified atom stereocenters. The first-order chi connectivity index (χ1) is 14.0. The number of aliphatic carboxylic acids is 4. The zero-order valence-electron chi connectivity index (χ0n) is 16.0. The Bertz CT molecular complexity index is 711. The summed E-state index contributed by atoms with van der Waals surface area (Å²) in [5.74, 6) is -6.13. The smallest absolute Gasteiger partial charge is 0.336 e. The number of unbranched alkanes of at least 4 members (excludes halogenated alkanes) is 1. The minimum absolute atomic E-state index is 0.103. The zero-order chi connectivity index (χ0) is 23.2. The van der Waals surface area contributed by atoms with E-state index in [1.54, 1.807) is 0 Å². The van der Waals surface area contributed by atoms with Crippen molar-refractivity contribution in [2.24, 2.45) is 0 Å². The fourth-order valence-electron chi connectivity index (χ4n) is 2.07. The number of benzene rings is 1. The number of hydrogen-bond donors (Lipinski definition) is 5. The minimum atomic E-state index is -2.74. The van der Waals surface area contributed by atoms with E-state index in [0.717, 1.165) is 5.56 Å². The number of carboxylic acids is 4. The molecule has 5 N–H and O–H groups in total. The Balaban J connectivity index is 0.000000584. The van der Waals surface area contributed by atoms with Crippen molar-refractivity contribution in [3.05, 3.63) is 35.9 Å². The molecule has 1 rings (SSSR count). The van der Waals surface area contributed by atoms with Gasteiger partial charge in [0, 0.05) is 12.8 Å². The third-order valence-electron chi connectivity index (χ3n) is 3.55. The summed E-state index contributed by atoms with van der Waals surface area (Å²) < 4.78 is 5.05. The summed E-state index contributed by atoms with van der Waals surface area (Å²) >= 11 is 0. The second kappa shape index (κ2) is 13.7. The number of aliphatic hydroxyl groups is 1. The lowest BCUT2D eigenvalue weighted by Gasteiger charge is -2.18. The summed E-state index contributed by atoms with van der Waals surface area (Å²) in [6.45, 7) is 0.276. The van der Waals surface area contributed by atoms with Crippen LogP contribution in [0.1, 0.15) is 44.1 Å². The van der Waals surface area contributed by atoms with Crippen LogP contribution in [0.3, 0.4) is 0 Å². The first-order valence-corrected chi connectivity index (χ1v) is 8.77. The number of rotatable bonds is 12. The summed E-state index contributed by atoms with van der Waals surface area (Å²) in [6, 6.07) is 9.44. The molecular formula is C19H24O11. The summed E-state index contributed by atoms with van der Waals surface area (Å²) in [5.41, 5.74) is -1.79. The van der Waals surface area contributed by atoms with Gasteiger partial charge in [0.15, 0.2) is 5.60 Å². The molecule has 1 aromatic carbocycles. The SMILES string of the molecule is O=C(O)CC(O)(CC(=O)O)C(=O)O.O=C(O)CCCCC(=O)OCc1ccccc1. The van der Waals surface area contributed by atoms with Gasteiger partial charge in [0.1, 0.15) is 6.61 Å². The number of hydrogen-bond acceptors (Lipinski definition) is 7. The quantitative estimate of drug-likeness (QED) is 0.236. The lowest BCUT2D eigenvalue weighted by molar-refractivity contribution is -0.170. The Morgan fingerprint density at radius 3 is 1.70 bits per heavy atom. The molecule has 0 radical (unpaired) electrons. The van der Waals surface area contributed by atoms with Crippen LogP contribution in [0, 0.1) is 0 Å². The molecule has 0 aliphatic rings. The molecule has 11 heteroatoms. The number of carbonyl (C=O) groups is 5. The van der Waals surface area contributed by atoms with Gasteiger partial charge in [-0.2, -0.15) is 0 Å². The van der Waals surface area contributed by atoms with Crippen molar-refractivity contribution in [3.63, 3.8) is 0 Å². The van der Waals surface area contributed by atoms with E-state index in [-0.39, 0.29) is 25.4 Å². The maximum absolute atomic E-state index is 11.3. The van der Waals surface area contributed by atoms with Crippen molar-refractivity contribution in [2.75, 3.05) is 0 Å². The third-order valence-corrected chi connectivity index (χ3v) is 3.55. The predicted molar refractivity (Wildman–Crippen MR) is 99.4 cm³/mol. The molecule has 0 amide bonds. The first kappa shape index (κ1) is 26.5. The van der Waals surface area contributed by atoms with E-state index < -0.39 is 42.3 Å². The fourth-order valence-corrected chi connectivity index (χ4v) is 2.07. The Morgan fingerprint density at radius 1 is 0.767 bits per heavy atom. The molecule has 0 aromatic heterocycles. The van der Waals surface area contributed by atoms with Crippen LogP contribution in [-0.4, -0.2) is 61.0 Å². The average Bonchev–Trinajstić information content (AvgIpc) is 2.63. The highest BCUT2D eigenvalue weighted by molar-refractivity contribution is 5.88. The third kappa shape index (κ3) is 12.8. The summed E-state index contributed by atoms with van der Waals surface area (Å²) in [6.07, 6.45) is -0.842. The van der Waals surface area contributed by atoms with Crippen LogP contribution in [0.2, 0.25) is 0 Å². The molecule has 11 nitrogen and oxygen atoms in total.